The second kappa shape index (κ2) is 10.9. The third-order valence-electron chi connectivity index (χ3n) is 1.19. The molecule has 1 heterocycles. The second-order valence-corrected chi connectivity index (χ2v) is 1.76. The van der Waals surface area contributed by atoms with E-state index in [-0.39, 0.29) is 5.56 Å². The molecule has 0 saturated carbocycles. The fourth-order valence-corrected chi connectivity index (χ4v) is 0.649. The normalized spacial score (nSPS) is 7.46. The molecule has 0 aromatic carbocycles. The number of nitrogens with zero attached hydrogens (tertiary/aromatic N) is 1. The van der Waals surface area contributed by atoms with Crippen molar-refractivity contribution in [3.63, 3.8) is 0 Å². The highest BCUT2D eigenvalue weighted by molar-refractivity contribution is 5.04. The van der Waals surface area contributed by atoms with Gasteiger partial charge in [0.05, 0.1) is 0 Å². The third-order valence-corrected chi connectivity index (χ3v) is 1.19. The Labute approximate surface area is 80.2 Å². The summed E-state index contributed by atoms with van der Waals surface area (Å²) >= 11 is 0. The maximum Gasteiger partial charge on any atom is 0.267 e. The van der Waals surface area contributed by atoms with Gasteiger partial charge in [-0.3, -0.25) is 4.79 Å². The summed E-state index contributed by atoms with van der Waals surface area (Å²) in [7, 11) is 0. The number of aromatic amines is 1. The van der Waals surface area contributed by atoms with E-state index in [0.717, 1.165) is 12.0 Å². The molecule has 76 valence electrons. The van der Waals surface area contributed by atoms with Crippen molar-refractivity contribution in [1.82, 2.24) is 10.2 Å². The Balaban J connectivity index is 0. The van der Waals surface area contributed by atoms with Crippen LogP contribution in [0.4, 0.5) is 0 Å². The van der Waals surface area contributed by atoms with Crippen molar-refractivity contribution < 1.29 is 0 Å². The van der Waals surface area contributed by atoms with E-state index in [0.29, 0.717) is 0 Å². The van der Waals surface area contributed by atoms with E-state index in [9.17, 15) is 4.79 Å². The van der Waals surface area contributed by atoms with E-state index < -0.39 is 0 Å². The quantitative estimate of drug-likeness (QED) is 0.728. The number of aromatic nitrogens is 2. The Morgan fingerprint density at radius 2 is 1.85 bits per heavy atom. The number of nitrogens with one attached hydrogen (secondary N) is 1. The largest absolute Gasteiger partial charge is 0.268 e. The van der Waals surface area contributed by atoms with Crippen LogP contribution < -0.4 is 5.56 Å². The van der Waals surface area contributed by atoms with Crippen molar-refractivity contribution in [2.24, 2.45) is 0 Å². The van der Waals surface area contributed by atoms with Crippen LogP contribution in [-0.4, -0.2) is 10.2 Å². The Bertz CT molecular complexity index is 243. The molecule has 0 saturated heterocycles. The van der Waals surface area contributed by atoms with Gasteiger partial charge in [-0.25, -0.2) is 5.10 Å². The molecule has 0 aliphatic heterocycles. The van der Waals surface area contributed by atoms with E-state index in [4.69, 9.17) is 0 Å². The lowest BCUT2D eigenvalue weighted by molar-refractivity contribution is 0.938. The predicted octanol–water partition coefficient (Wildman–Crippen LogP) is 2.38. The fourth-order valence-electron chi connectivity index (χ4n) is 0.649. The van der Waals surface area contributed by atoms with Crippen LogP contribution in [0.2, 0.25) is 0 Å². The van der Waals surface area contributed by atoms with Crippen LogP contribution in [0.3, 0.4) is 0 Å². The Morgan fingerprint density at radius 3 is 2.15 bits per heavy atom. The molecule has 3 heteroatoms. The van der Waals surface area contributed by atoms with Gasteiger partial charge in [0, 0.05) is 11.8 Å². The Hall–Kier alpha value is -1.12. The number of hydrogen-bond donors (Lipinski definition) is 1. The van der Waals surface area contributed by atoms with Crippen LogP contribution in [0.5, 0.6) is 0 Å². The van der Waals surface area contributed by atoms with Gasteiger partial charge in [-0.15, -0.1) is 0 Å². The minimum Gasteiger partial charge on any atom is -0.268 e. The van der Waals surface area contributed by atoms with E-state index in [1.54, 1.807) is 12.3 Å². The minimum absolute atomic E-state index is 0.0833. The Morgan fingerprint density at radius 1 is 1.31 bits per heavy atom. The average molecular weight is 184 g/mol. The zero-order valence-corrected chi connectivity index (χ0v) is 9.22. The van der Waals surface area contributed by atoms with E-state index >= 15 is 0 Å². The van der Waals surface area contributed by atoms with Gasteiger partial charge < -0.3 is 0 Å². The number of H-pyrrole nitrogens is 1. The van der Waals surface area contributed by atoms with E-state index in [1.165, 1.54) is 0 Å². The first-order valence-electron chi connectivity index (χ1n) is 4.87. The van der Waals surface area contributed by atoms with Crippen LogP contribution in [-0.2, 0) is 6.42 Å². The smallest absolute Gasteiger partial charge is 0.267 e. The topological polar surface area (TPSA) is 45.8 Å². The molecule has 0 unspecified atom stereocenters. The van der Waals surface area contributed by atoms with Crippen LogP contribution in [0.15, 0.2) is 17.1 Å². The monoisotopic (exact) mass is 184 g/mol. The highest BCUT2D eigenvalue weighted by Gasteiger charge is 1.91. The zero-order chi connectivity index (χ0) is 10.7. The molecule has 3 nitrogen and oxygen atoms in total. The third kappa shape index (κ3) is 6.08. The summed E-state index contributed by atoms with van der Waals surface area (Å²) in [6, 6.07) is 1.72. The highest BCUT2D eigenvalue weighted by Crippen LogP contribution is 1.85. The summed E-state index contributed by atoms with van der Waals surface area (Å²) in [5, 5.41) is 5.90. The van der Waals surface area contributed by atoms with Gasteiger partial charge in [0.2, 0.25) is 0 Å². The summed E-state index contributed by atoms with van der Waals surface area (Å²) in [4.78, 5) is 10.7. The standard InChI is InChI=1S/C6H8N2O.2C2H6/c1-2-5-3-4-7-8-6(5)9;2*1-2/h3-4H,2H2,1H3,(H,8,9);2*1-2H3. The molecule has 0 bridgehead atoms. The zero-order valence-electron chi connectivity index (χ0n) is 9.22. The van der Waals surface area contributed by atoms with Crippen LogP contribution in [0.25, 0.3) is 0 Å². The molecule has 1 rings (SSSR count). The summed E-state index contributed by atoms with van der Waals surface area (Å²) in [5.41, 5.74) is 0.699. The first-order valence-corrected chi connectivity index (χ1v) is 4.87. The van der Waals surface area contributed by atoms with E-state index in [1.807, 2.05) is 34.6 Å². The molecular formula is C10H20N2O. The maximum absolute atomic E-state index is 10.7. The first-order chi connectivity index (χ1) is 6.34. The molecule has 13 heavy (non-hydrogen) atoms. The molecule has 0 radical (unpaired) electrons. The van der Waals surface area contributed by atoms with Crippen LogP contribution in [0.1, 0.15) is 40.2 Å². The SMILES string of the molecule is CC.CC.CCc1ccn[nH]c1=O. The summed E-state index contributed by atoms with van der Waals surface area (Å²) in [6.45, 7) is 9.94. The molecular weight excluding hydrogens is 164 g/mol. The van der Waals surface area contributed by atoms with Gasteiger partial charge >= 0.3 is 0 Å². The molecule has 1 aromatic heterocycles. The first kappa shape index (κ1) is 14.4. The lowest BCUT2D eigenvalue weighted by Crippen LogP contribution is -2.11. The van der Waals surface area contributed by atoms with E-state index in [2.05, 4.69) is 10.2 Å². The predicted molar refractivity (Wildman–Crippen MR) is 56.9 cm³/mol. The van der Waals surface area contributed by atoms with Crippen molar-refractivity contribution in [1.29, 1.82) is 0 Å². The molecule has 0 aliphatic carbocycles. The second-order valence-electron chi connectivity index (χ2n) is 1.76. The minimum atomic E-state index is -0.0833. The molecule has 1 N–H and O–H groups in total. The fraction of sp³-hybridized carbons (Fsp3) is 0.600. The lowest BCUT2D eigenvalue weighted by atomic mass is 10.2. The van der Waals surface area contributed by atoms with Crippen molar-refractivity contribution in [2.45, 2.75) is 41.0 Å². The molecule has 0 amide bonds. The van der Waals surface area contributed by atoms with Gasteiger partial charge in [0.15, 0.2) is 0 Å². The summed E-state index contributed by atoms with van der Waals surface area (Å²) < 4.78 is 0. The van der Waals surface area contributed by atoms with Gasteiger partial charge in [-0.05, 0) is 12.5 Å². The maximum atomic E-state index is 10.7. The number of aryl methyl sites for hydroxylation is 1. The van der Waals surface area contributed by atoms with Crippen molar-refractivity contribution in [2.75, 3.05) is 0 Å². The average Bonchev–Trinajstić information content (AvgIpc) is 2.24. The molecule has 0 aliphatic rings. The van der Waals surface area contributed by atoms with Crippen molar-refractivity contribution >= 4 is 0 Å². The number of rotatable bonds is 1. The van der Waals surface area contributed by atoms with Crippen LogP contribution in [0, 0.1) is 0 Å². The van der Waals surface area contributed by atoms with Gasteiger partial charge in [-0.1, -0.05) is 34.6 Å². The molecule has 0 spiro atoms. The van der Waals surface area contributed by atoms with Crippen molar-refractivity contribution in [3.8, 4) is 0 Å². The van der Waals surface area contributed by atoms with Gasteiger partial charge in [0.25, 0.3) is 5.56 Å². The molecule has 0 atom stereocenters. The van der Waals surface area contributed by atoms with Crippen LogP contribution >= 0.6 is 0 Å². The van der Waals surface area contributed by atoms with Crippen molar-refractivity contribution in [3.05, 3.63) is 28.2 Å². The number of hydrogen-bond acceptors (Lipinski definition) is 2. The Kier molecular flexibility index (Phi) is 12.1. The van der Waals surface area contributed by atoms with Gasteiger partial charge in [-0.2, -0.15) is 5.10 Å². The molecule has 0 fully saturated rings. The summed E-state index contributed by atoms with van der Waals surface area (Å²) in [6.07, 6.45) is 2.35. The lowest BCUT2D eigenvalue weighted by Gasteiger charge is -1.88. The molecule has 1 aromatic rings. The highest BCUT2D eigenvalue weighted by atomic mass is 16.1. The summed E-state index contributed by atoms with van der Waals surface area (Å²) in [5.74, 6) is 0. The van der Waals surface area contributed by atoms with Gasteiger partial charge in [0.1, 0.15) is 0 Å².